The highest BCUT2D eigenvalue weighted by molar-refractivity contribution is 5.96. The van der Waals surface area contributed by atoms with Crippen molar-refractivity contribution in [1.29, 1.82) is 0 Å². The number of rotatable bonds is 0. The fraction of sp³-hybridized carbons (Fsp3) is 0.438. The Morgan fingerprint density at radius 2 is 2.06 bits per heavy atom. The van der Waals surface area contributed by atoms with E-state index in [1.807, 2.05) is 4.57 Å². The summed E-state index contributed by atoms with van der Waals surface area (Å²) in [6, 6.07) is 6.54. The van der Waals surface area contributed by atoms with Gasteiger partial charge in [0, 0.05) is 23.9 Å². The van der Waals surface area contributed by atoms with Crippen molar-refractivity contribution in [3.05, 3.63) is 35.0 Å². The minimum absolute atomic E-state index is 0.166. The van der Waals surface area contributed by atoms with Gasteiger partial charge < -0.3 is 0 Å². The lowest BCUT2D eigenvalue weighted by atomic mass is 9.95. The third-order valence-corrected chi connectivity index (χ3v) is 4.74. The summed E-state index contributed by atoms with van der Waals surface area (Å²) in [5.74, 6) is 1.50. The Morgan fingerprint density at radius 1 is 1.28 bits per heavy atom. The topological polar surface area (TPSA) is 22.0 Å². The summed E-state index contributed by atoms with van der Waals surface area (Å²) in [5, 5.41) is 1.32. The van der Waals surface area contributed by atoms with Crippen LogP contribution in [0.15, 0.2) is 18.2 Å². The lowest BCUT2D eigenvalue weighted by Gasteiger charge is -2.13. The molecule has 0 saturated heterocycles. The maximum Gasteiger partial charge on any atom is 0.228 e. The van der Waals surface area contributed by atoms with Crippen molar-refractivity contribution >= 4 is 16.8 Å². The first kappa shape index (κ1) is 10.4. The Bertz CT molecular complexity index is 680. The number of aryl methyl sites for hydroxylation is 1. The largest absolute Gasteiger partial charge is 0.284 e. The first-order chi connectivity index (χ1) is 8.66. The predicted octanol–water partition coefficient (Wildman–Crippen LogP) is 3.97. The molecule has 18 heavy (non-hydrogen) atoms. The predicted molar refractivity (Wildman–Crippen MR) is 72.3 cm³/mol. The van der Waals surface area contributed by atoms with Crippen LogP contribution in [-0.2, 0) is 0 Å². The number of hydrogen-bond donors (Lipinski definition) is 0. The Morgan fingerprint density at radius 3 is 2.83 bits per heavy atom. The summed E-state index contributed by atoms with van der Waals surface area (Å²) in [5.41, 5.74) is 5.17. The van der Waals surface area contributed by atoms with Crippen molar-refractivity contribution in [2.45, 2.75) is 44.9 Å². The smallest absolute Gasteiger partial charge is 0.228 e. The maximum atomic E-state index is 12.0. The minimum atomic E-state index is 0.166. The summed E-state index contributed by atoms with van der Waals surface area (Å²) in [4.78, 5) is 12.0. The molecule has 0 spiro atoms. The number of carbonyl (C=O) groups excluding carboxylic acids is 1. The lowest BCUT2D eigenvalue weighted by molar-refractivity contribution is 0.0937. The van der Waals surface area contributed by atoms with Crippen LogP contribution in [0.25, 0.3) is 10.9 Å². The number of nitrogens with zero attached hydrogens (tertiary/aromatic N) is 1. The SMILES string of the molecule is CC(=O)n1c2c(c3ccc(C)cc31)C1CCC2C1. The van der Waals surface area contributed by atoms with E-state index in [4.69, 9.17) is 0 Å². The van der Waals surface area contributed by atoms with Gasteiger partial charge in [-0.25, -0.2) is 0 Å². The van der Waals surface area contributed by atoms with Crippen LogP contribution in [0.3, 0.4) is 0 Å². The fourth-order valence-corrected chi connectivity index (χ4v) is 4.11. The number of aromatic nitrogens is 1. The monoisotopic (exact) mass is 239 g/mol. The van der Waals surface area contributed by atoms with Crippen molar-refractivity contribution in [1.82, 2.24) is 4.57 Å². The molecule has 92 valence electrons. The second-order valence-corrected chi connectivity index (χ2v) is 5.88. The molecule has 2 aliphatic carbocycles. The van der Waals surface area contributed by atoms with Crippen molar-refractivity contribution in [3.8, 4) is 0 Å². The molecule has 1 heterocycles. The van der Waals surface area contributed by atoms with Crippen LogP contribution in [0.2, 0.25) is 0 Å². The molecule has 0 aliphatic heterocycles. The zero-order valence-electron chi connectivity index (χ0n) is 10.9. The molecule has 2 aromatic rings. The van der Waals surface area contributed by atoms with Gasteiger partial charge in [-0.3, -0.25) is 9.36 Å². The van der Waals surface area contributed by atoms with Crippen molar-refractivity contribution in [2.24, 2.45) is 0 Å². The van der Waals surface area contributed by atoms with Gasteiger partial charge in [-0.1, -0.05) is 12.1 Å². The zero-order chi connectivity index (χ0) is 12.4. The van der Waals surface area contributed by atoms with Crippen LogP contribution in [0.4, 0.5) is 0 Å². The molecule has 1 aromatic carbocycles. The third-order valence-electron chi connectivity index (χ3n) is 4.74. The molecule has 0 amide bonds. The van der Waals surface area contributed by atoms with E-state index >= 15 is 0 Å². The molecule has 1 saturated carbocycles. The highest BCUT2D eigenvalue weighted by Crippen LogP contribution is 2.56. The summed E-state index contributed by atoms with van der Waals surface area (Å²) in [6.07, 6.45) is 3.84. The normalized spacial score (nSPS) is 24.8. The number of fused-ring (bicyclic) bond motifs is 7. The highest BCUT2D eigenvalue weighted by atomic mass is 16.1. The first-order valence-electron chi connectivity index (χ1n) is 6.82. The van der Waals surface area contributed by atoms with Gasteiger partial charge in [-0.2, -0.15) is 0 Å². The van der Waals surface area contributed by atoms with Crippen molar-refractivity contribution in [3.63, 3.8) is 0 Å². The maximum absolute atomic E-state index is 12.0. The van der Waals surface area contributed by atoms with E-state index in [1.54, 1.807) is 6.92 Å². The van der Waals surface area contributed by atoms with E-state index in [-0.39, 0.29) is 5.91 Å². The van der Waals surface area contributed by atoms with E-state index in [9.17, 15) is 4.79 Å². The molecule has 2 bridgehead atoms. The van der Waals surface area contributed by atoms with Gasteiger partial charge in [-0.15, -0.1) is 0 Å². The quantitative estimate of drug-likeness (QED) is 0.681. The van der Waals surface area contributed by atoms with Gasteiger partial charge in [0.15, 0.2) is 0 Å². The summed E-state index contributed by atoms with van der Waals surface area (Å²) in [6.45, 7) is 3.78. The molecule has 2 aliphatic rings. The fourth-order valence-electron chi connectivity index (χ4n) is 4.11. The van der Waals surface area contributed by atoms with Crippen LogP contribution in [0, 0.1) is 6.92 Å². The van der Waals surface area contributed by atoms with E-state index in [0.717, 1.165) is 5.52 Å². The molecule has 2 atom stereocenters. The average Bonchev–Trinajstić information content (AvgIpc) is 2.96. The number of carbonyl (C=O) groups is 1. The second-order valence-electron chi connectivity index (χ2n) is 5.88. The van der Waals surface area contributed by atoms with E-state index in [2.05, 4.69) is 25.1 Å². The highest BCUT2D eigenvalue weighted by Gasteiger charge is 2.42. The van der Waals surface area contributed by atoms with Gasteiger partial charge >= 0.3 is 0 Å². The van der Waals surface area contributed by atoms with Gasteiger partial charge in [0.05, 0.1) is 5.52 Å². The number of benzene rings is 1. The summed E-state index contributed by atoms with van der Waals surface area (Å²) < 4.78 is 1.99. The lowest BCUT2D eigenvalue weighted by Crippen LogP contribution is -2.11. The third kappa shape index (κ3) is 1.11. The molecule has 2 unspecified atom stereocenters. The van der Waals surface area contributed by atoms with E-state index in [1.165, 1.54) is 41.5 Å². The Hall–Kier alpha value is -1.57. The van der Waals surface area contributed by atoms with Crippen molar-refractivity contribution < 1.29 is 4.79 Å². The van der Waals surface area contributed by atoms with Gasteiger partial charge in [-0.05, 0) is 49.3 Å². The summed E-state index contributed by atoms with van der Waals surface area (Å²) in [7, 11) is 0. The van der Waals surface area contributed by atoms with E-state index < -0.39 is 0 Å². The molecular formula is C16H17NO. The van der Waals surface area contributed by atoms with Crippen molar-refractivity contribution in [2.75, 3.05) is 0 Å². The summed E-state index contributed by atoms with van der Waals surface area (Å²) >= 11 is 0. The molecule has 4 rings (SSSR count). The minimum Gasteiger partial charge on any atom is -0.284 e. The molecule has 1 fully saturated rings. The standard InChI is InChI=1S/C16H17NO/c1-9-3-6-13-14(7-9)17(10(2)18)16-12-5-4-11(8-12)15(13)16/h3,6-7,11-12H,4-5,8H2,1-2H3. The second kappa shape index (κ2) is 3.25. The average molecular weight is 239 g/mol. The Balaban J connectivity index is 2.16. The number of hydrogen-bond acceptors (Lipinski definition) is 1. The van der Waals surface area contributed by atoms with Crippen LogP contribution in [-0.4, -0.2) is 10.5 Å². The van der Waals surface area contributed by atoms with Crippen LogP contribution < -0.4 is 0 Å². The zero-order valence-corrected chi connectivity index (χ0v) is 10.9. The molecule has 0 radical (unpaired) electrons. The van der Waals surface area contributed by atoms with Gasteiger partial charge in [0.25, 0.3) is 0 Å². The first-order valence-corrected chi connectivity index (χ1v) is 6.82. The van der Waals surface area contributed by atoms with Gasteiger partial charge in [0.1, 0.15) is 0 Å². The van der Waals surface area contributed by atoms with Crippen LogP contribution >= 0.6 is 0 Å². The molecule has 2 heteroatoms. The molecule has 2 nitrogen and oxygen atoms in total. The Kier molecular flexibility index (Phi) is 1.87. The molecule has 0 N–H and O–H groups in total. The molecular weight excluding hydrogens is 222 g/mol. The Labute approximate surface area is 107 Å². The molecule has 1 aromatic heterocycles. The van der Waals surface area contributed by atoms with Crippen LogP contribution in [0.1, 0.15) is 59.6 Å². The van der Waals surface area contributed by atoms with Gasteiger partial charge in [0.2, 0.25) is 5.91 Å². The van der Waals surface area contributed by atoms with Crippen LogP contribution in [0.5, 0.6) is 0 Å². The van der Waals surface area contributed by atoms with E-state index in [0.29, 0.717) is 11.8 Å².